The second-order valence-electron chi connectivity index (χ2n) is 4.12. The summed E-state index contributed by atoms with van der Waals surface area (Å²) in [6.07, 6.45) is 0. The van der Waals surface area contributed by atoms with E-state index in [-0.39, 0.29) is 5.91 Å². The molecule has 0 aliphatic carbocycles. The second-order valence-corrected chi connectivity index (χ2v) is 5.83. The van der Waals surface area contributed by atoms with Crippen molar-refractivity contribution in [1.82, 2.24) is 5.32 Å². The van der Waals surface area contributed by atoms with Gasteiger partial charge in [0.15, 0.2) is 0 Å². The summed E-state index contributed by atoms with van der Waals surface area (Å²) in [6.45, 7) is 0.476. The van der Waals surface area contributed by atoms with Gasteiger partial charge in [0.25, 0.3) is 5.91 Å². The minimum atomic E-state index is -0.121. The van der Waals surface area contributed by atoms with Crippen LogP contribution in [-0.4, -0.2) is 13.0 Å². The Morgan fingerprint density at radius 3 is 2.55 bits per heavy atom. The number of ether oxygens (including phenoxy) is 1. The molecule has 0 saturated heterocycles. The van der Waals surface area contributed by atoms with E-state index in [1.807, 2.05) is 24.3 Å². The van der Waals surface area contributed by atoms with Gasteiger partial charge in [-0.15, -0.1) is 0 Å². The van der Waals surface area contributed by atoms with Gasteiger partial charge in [-0.25, -0.2) is 0 Å². The van der Waals surface area contributed by atoms with Crippen LogP contribution in [0.1, 0.15) is 15.9 Å². The van der Waals surface area contributed by atoms with Crippen LogP contribution in [0.5, 0.6) is 5.75 Å². The Morgan fingerprint density at radius 1 is 1.15 bits per heavy atom. The van der Waals surface area contributed by atoms with Crippen LogP contribution in [0.3, 0.4) is 0 Å². The molecule has 1 amide bonds. The molecular formula is C15H13Br2NO2. The molecule has 0 unspecified atom stereocenters. The van der Waals surface area contributed by atoms with Gasteiger partial charge >= 0.3 is 0 Å². The minimum Gasteiger partial charge on any atom is -0.496 e. The van der Waals surface area contributed by atoms with Gasteiger partial charge in [0, 0.05) is 16.6 Å². The van der Waals surface area contributed by atoms with Crippen molar-refractivity contribution in [1.29, 1.82) is 0 Å². The summed E-state index contributed by atoms with van der Waals surface area (Å²) in [5.74, 6) is 0.580. The number of methoxy groups -OCH3 is 1. The molecule has 0 atom stereocenters. The highest BCUT2D eigenvalue weighted by Gasteiger charge is 2.09. The van der Waals surface area contributed by atoms with E-state index >= 15 is 0 Å². The van der Waals surface area contributed by atoms with Crippen molar-refractivity contribution in [3.63, 3.8) is 0 Å². The Morgan fingerprint density at radius 2 is 1.90 bits per heavy atom. The third-order valence-electron chi connectivity index (χ3n) is 2.81. The zero-order valence-corrected chi connectivity index (χ0v) is 14.0. The first-order chi connectivity index (χ1) is 9.61. The molecular weight excluding hydrogens is 386 g/mol. The monoisotopic (exact) mass is 397 g/mol. The molecule has 2 rings (SSSR count). The maximum Gasteiger partial charge on any atom is 0.251 e. The molecule has 0 aliphatic heterocycles. The lowest BCUT2D eigenvalue weighted by atomic mass is 10.2. The molecule has 0 aromatic heterocycles. The van der Waals surface area contributed by atoms with Crippen molar-refractivity contribution < 1.29 is 9.53 Å². The van der Waals surface area contributed by atoms with Crippen LogP contribution in [0.25, 0.3) is 0 Å². The molecule has 0 radical (unpaired) electrons. The number of benzene rings is 2. The molecule has 104 valence electrons. The van der Waals surface area contributed by atoms with Gasteiger partial charge < -0.3 is 10.1 Å². The average molecular weight is 399 g/mol. The average Bonchev–Trinajstić information content (AvgIpc) is 2.46. The van der Waals surface area contributed by atoms with Gasteiger partial charge in [-0.2, -0.15) is 0 Å². The van der Waals surface area contributed by atoms with Gasteiger partial charge in [-0.3, -0.25) is 4.79 Å². The van der Waals surface area contributed by atoms with Gasteiger partial charge in [0.1, 0.15) is 5.75 Å². The molecule has 3 nitrogen and oxygen atoms in total. The Balaban J connectivity index is 2.05. The lowest BCUT2D eigenvalue weighted by Gasteiger charge is -2.09. The molecule has 0 spiro atoms. The van der Waals surface area contributed by atoms with E-state index in [2.05, 4.69) is 37.2 Å². The van der Waals surface area contributed by atoms with Crippen LogP contribution in [0, 0.1) is 0 Å². The molecule has 0 bridgehead atoms. The first-order valence-corrected chi connectivity index (χ1v) is 7.55. The fourth-order valence-corrected chi connectivity index (χ4v) is 2.69. The normalized spacial score (nSPS) is 10.2. The first kappa shape index (κ1) is 15.1. The summed E-state index contributed by atoms with van der Waals surface area (Å²) in [5, 5.41) is 2.89. The predicted molar refractivity (Wildman–Crippen MR) is 86.0 cm³/mol. The highest BCUT2D eigenvalue weighted by Crippen LogP contribution is 2.25. The van der Waals surface area contributed by atoms with E-state index in [1.54, 1.807) is 25.3 Å². The highest BCUT2D eigenvalue weighted by molar-refractivity contribution is 9.10. The van der Waals surface area contributed by atoms with Gasteiger partial charge in [0.05, 0.1) is 11.6 Å². The fourth-order valence-electron chi connectivity index (χ4n) is 1.73. The van der Waals surface area contributed by atoms with Gasteiger partial charge in [-0.05, 0) is 45.8 Å². The second kappa shape index (κ2) is 6.90. The van der Waals surface area contributed by atoms with Gasteiger partial charge in [0.2, 0.25) is 0 Å². The Kier molecular flexibility index (Phi) is 5.20. The van der Waals surface area contributed by atoms with Crippen LogP contribution >= 0.6 is 31.9 Å². The lowest BCUT2D eigenvalue weighted by Crippen LogP contribution is -2.22. The first-order valence-electron chi connectivity index (χ1n) is 5.97. The zero-order valence-electron chi connectivity index (χ0n) is 10.8. The zero-order chi connectivity index (χ0) is 14.5. The van der Waals surface area contributed by atoms with Crippen molar-refractivity contribution in [2.75, 3.05) is 7.11 Å². The summed E-state index contributed by atoms with van der Waals surface area (Å²) in [4.78, 5) is 12.1. The number of nitrogens with one attached hydrogen (secondary N) is 1. The number of halogens is 2. The lowest BCUT2D eigenvalue weighted by molar-refractivity contribution is 0.0950. The van der Waals surface area contributed by atoms with Crippen molar-refractivity contribution in [2.24, 2.45) is 0 Å². The number of hydrogen-bond acceptors (Lipinski definition) is 2. The molecule has 2 aromatic carbocycles. The quantitative estimate of drug-likeness (QED) is 0.839. The molecule has 0 heterocycles. The molecule has 2 aromatic rings. The van der Waals surface area contributed by atoms with Crippen LogP contribution in [0.2, 0.25) is 0 Å². The SMILES string of the molecule is COc1ccc(C(=O)NCc2ccccc2Br)cc1Br. The molecule has 5 heteroatoms. The molecule has 0 saturated carbocycles. The number of carbonyl (C=O) groups is 1. The van der Waals surface area contributed by atoms with E-state index in [0.717, 1.165) is 14.5 Å². The third-order valence-corrected chi connectivity index (χ3v) is 4.20. The van der Waals surface area contributed by atoms with Gasteiger partial charge in [-0.1, -0.05) is 34.1 Å². The standard InChI is InChI=1S/C15H13Br2NO2/c1-20-14-7-6-10(8-13(14)17)15(19)18-9-11-4-2-3-5-12(11)16/h2-8H,9H2,1H3,(H,18,19). The minimum absolute atomic E-state index is 0.121. The maximum absolute atomic E-state index is 12.1. The van der Waals surface area contributed by atoms with E-state index in [4.69, 9.17) is 4.74 Å². The van der Waals surface area contributed by atoms with Crippen molar-refractivity contribution in [2.45, 2.75) is 6.54 Å². The molecule has 0 aliphatic rings. The van der Waals surface area contributed by atoms with Crippen molar-refractivity contribution in [3.8, 4) is 5.75 Å². The van der Waals surface area contributed by atoms with E-state index in [0.29, 0.717) is 17.9 Å². The third kappa shape index (κ3) is 3.61. The summed E-state index contributed by atoms with van der Waals surface area (Å²) < 4.78 is 6.88. The highest BCUT2D eigenvalue weighted by atomic mass is 79.9. The molecule has 0 fully saturated rings. The largest absolute Gasteiger partial charge is 0.496 e. The maximum atomic E-state index is 12.1. The predicted octanol–water partition coefficient (Wildman–Crippen LogP) is 4.15. The Hall–Kier alpha value is -1.33. The fraction of sp³-hybridized carbons (Fsp3) is 0.133. The molecule has 20 heavy (non-hydrogen) atoms. The summed E-state index contributed by atoms with van der Waals surface area (Å²) >= 11 is 6.83. The summed E-state index contributed by atoms with van der Waals surface area (Å²) in [6, 6.07) is 13.0. The number of hydrogen-bond donors (Lipinski definition) is 1. The van der Waals surface area contributed by atoms with E-state index in [1.165, 1.54) is 0 Å². The smallest absolute Gasteiger partial charge is 0.251 e. The van der Waals surface area contributed by atoms with Crippen LogP contribution in [0.4, 0.5) is 0 Å². The van der Waals surface area contributed by atoms with E-state index < -0.39 is 0 Å². The number of carbonyl (C=O) groups excluding carboxylic acids is 1. The topological polar surface area (TPSA) is 38.3 Å². The Bertz CT molecular complexity index is 629. The van der Waals surface area contributed by atoms with Crippen LogP contribution in [0.15, 0.2) is 51.4 Å². The summed E-state index contributed by atoms with van der Waals surface area (Å²) in [7, 11) is 1.59. The number of amides is 1. The van der Waals surface area contributed by atoms with Crippen molar-refractivity contribution in [3.05, 3.63) is 62.5 Å². The van der Waals surface area contributed by atoms with Crippen LogP contribution < -0.4 is 10.1 Å². The Labute approximate surface area is 134 Å². The van der Waals surface area contributed by atoms with Crippen LogP contribution in [-0.2, 0) is 6.54 Å². The summed E-state index contributed by atoms with van der Waals surface area (Å²) in [5.41, 5.74) is 1.62. The number of rotatable bonds is 4. The molecule has 1 N–H and O–H groups in total. The van der Waals surface area contributed by atoms with E-state index in [9.17, 15) is 4.79 Å². The van der Waals surface area contributed by atoms with Crippen molar-refractivity contribution >= 4 is 37.8 Å².